The zero-order valence-electron chi connectivity index (χ0n) is 11.6. The molecule has 1 aromatic rings. The van der Waals surface area contributed by atoms with Crippen LogP contribution in [-0.2, 0) is 4.79 Å². The Balaban J connectivity index is 3.59. The van der Waals surface area contributed by atoms with Crippen molar-refractivity contribution in [2.24, 2.45) is 5.92 Å². The monoisotopic (exact) mass is 328 g/mol. The summed E-state index contributed by atoms with van der Waals surface area (Å²) in [5, 5.41) is 8.99. The molecule has 1 atom stereocenters. The highest BCUT2D eigenvalue weighted by Crippen LogP contribution is 2.37. The molecule has 19 heavy (non-hydrogen) atoms. The number of ether oxygens (including phenoxy) is 1. The van der Waals surface area contributed by atoms with Crippen LogP contribution < -0.4 is 4.74 Å². The molecule has 5 heteroatoms. The van der Waals surface area contributed by atoms with E-state index in [0.717, 1.165) is 15.6 Å². The number of carboxylic acid groups (broad SMARTS) is 1. The zero-order valence-corrected chi connectivity index (χ0v) is 13.2. The van der Waals surface area contributed by atoms with E-state index < -0.39 is 17.7 Å². The number of hydrogen-bond donors (Lipinski definition) is 1. The molecular weight excluding hydrogens is 312 g/mol. The van der Waals surface area contributed by atoms with Crippen LogP contribution in [0.5, 0.6) is 5.75 Å². The Kier molecular flexibility index (Phi) is 4.74. The summed E-state index contributed by atoms with van der Waals surface area (Å²) < 4.78 is 6.12. The number of halogens is 1. The fourth-order valence-corrected chi connectivity index (χ4v) is 2.46. The second-order valence-corrected chi connectivity index (χ2v) is 5.31. The van der Waals surface area contributed by atoms with Gasteiger partial charge in [0.05, 0.1) is 12.7 Å². The van der Waals surface area contributed by atoms with E-state index in [4.69, 9.17) is 9.84 Å². The Morgan fingerprint density at radius 2 is 1.68 bits per heavy atom. The van der Waals surface area contributed by atoms with E-state index in [0.29, 0.717) is 16.9 Å². The Hall–Kier alpha value is -1.36. The molecule has 1 rings (SSSR count). The standard InChI is InChI=1S/C14H17BrO4/c1-6-7(2)13(19-5)10(8(3)11(6)15)12(16)9(4)14(17)18/h9H,1-5H3,(H,17,18). The van der Waals surface area contributed by atoms with Gasteiger partial charge in [0.2, 0.25) is 0 Å². The van der Waals surface area contributed by atoms with Crippen LogP contribution in [0.1, 0.15) is 34.0 Å². The summed E-state index contributed by atoms with van der Waals surface area (Å²) in [5.74, 6) is -2.22. The van der Waals surface area contributed by atoms with Crippen molar-refractivity contribution in [1.82, 2.24) is 0 Å². The van der Waals surface area contributed by atoms with E-state index in [2.05, 4.69) is 15.9 Å². The van der Waals surface area contributed by atoms with Gasteiger partial charge in [-0.3, -0.25) is 9.59 Å². The van der Waals surface area contributed by atoms with Gasteiger partial charge in [-0.1, -0.05) is 15.9 Å². The summed E-state index contributed by atoms with van der Waals surface area (Å²) in [7, 11) is 1.48. The minimum absolute atomic E-state index is 0.340. The lowest BCUT2D eigenvalue weighted by atomic mass is 9.91. The molecule has 1 unspecified atom stereocenters. The summed E-state index contributed by atoms with van der Waals surface area (Å²) >= 11 is 3.44. The number of aliphatic carboxylic acids is 1. The molecule has 0 aromatic heterocycles. The lowest BCUT2D eigenvalue weighted by molar-refractivity contribution is -0.139. The van der Waals surface area contributed by atoms with Crippen molar-refractivity contribution in [2.75, 3.05) is 7.11 Å². The quantitative estimate of drug-likeness (QED) is 0.680. The van der Waals surface area contributed by atoms with Crippen molar-refractivity contribution in [3.8, 4) is 5.75 Å². The lowest BCUT2D eigenvalue weighted by Crippen LogP contribution is -2.22. The number of methoxy groups -OCH3 is 1. The first-order valence-corrected chi connectivity index (χ1v) is 6.63. The minimum Gasteiger partial charge on any atom is -0.496 e. The number of carbonyl (C=O) groups excluding carboxylic acids is 1. The highest BCUT2D eigenvalue weighted by Gasteiger charge is 2.29. The Bertz CT molecular complexity index is 549. The van der Waals surface area contributed by atoms with Gasteiger partial charge in [-0.25, -0.2) is 0 Å². The molecule has 0 heterocycles. The van der Waals surface area contributed by atoms with Gasteiger partial charge < -0.3 is 9.84 Å². The van der Waals surface area contributed by atoms with Crippen molar-refractivity contribution in [3.63, 3.8) is 0 Å². The molecule has 0 saturated carbocycles. The molecule has 1 N–H and O–H groups in total. The van der Waals surface area contributed by atoms with Crippen LogP contribution in [0.3, 0.4) is 0 Å². The summed E-state index contributed by atoms with van der Waals surface area (Å²) in [6, 6.07) is 0. The molecule has 0 amide bonds. The van der Waals surface area contributed by atoms with Crippen molar-refractivity contribution < 1.29 is 19.4 Å². The number of carbonyl (C=O) groups is 2. The number of benzene rings is 1. The average molecular weight is 329 g/mol. The molecular formula is C14H17BrO4. The summed E-state index contributed by atoms with van der Waals surface area (Å²) in [4.78, 5) is 23.3. The van der Waals surface area contributed by atoms with Gasteiger partial charge >= 0.3 is 5.97 Å². The third-order valence-corrected chi connectivity index (χ3v) is 4.57. The van der Waals surface area contributed by atoms with Crippen LogP contribution in [0.4, 0.5) is 0 Å². The van der Waals surface area contributed by atoms with Gasteiger partial charge in [-0.2, -0.15) is 0 Å². The van der Waals surface area contributed by atoms with Crippen LogP contribution in [0.2, 0.25) is 0 Å². The van der Waals surface area contributed by atoms with E-state index in [1.165, 1.54) is 14.0 Å². The third kappa shape index (κ3) is 2.66. The normalized spacial score (nSPS) is 12.1. The largest absolute Gasteiger partial charge is 0.496 e. The van der Waals surface area contributed by atoms with Crippen molar-refractivity contribution >= 4 is 27.7 Å². The summed E-state index contributed by atoms with van der Waals surface area (Å²) in [6.45, 7) is 6.93. The number of ketones is 1. The molecule has 1 aromatic carbocycles. The first-order valence-electron chi connectivity index (χ1n) is 5.84. The fourth-order valence-electron chi connectivity index (χ4n) is 1.96. The van der Waals surface area contributed by atoms with E-state index in [9.17, 15) is 9.59 Å². The SMILES string of the molecule is COc1c(C)c(C)c(Br)c(C)c1C(=O)C(C)C(=O)O. The van der Waals surface area contributed by atoms with Crippen LogP contribution >= 0.6 is 15.9 Å². The highest BCUT2D eigenvalue weighted by atomic mass is 79.9. The zero-order chi connectivity index (χ0) is 14.9. The van der Waals surface area contributed by atoms with Crippen LogP contribution in [-0.4, -0.2) is 24.0 Å². The van der Waals surface area contributed by atoms with Gasteiger partial charge in [0.15, 0.2) is 5.78 Å². The second kappa shape index (κ2) is 5.74. The smallest absolute Gasteiger partial charge is 0.314 e. The number of rotatable bonds is 4. The van der Waals surface area contributed by atoms with Crippen molar-refractivity contribution in [1.29, 1.82) is 0 Å². The molecule has 0 aliphatic carbocycles. The van der Waals surface area contributed by atoms with Crippen LogP contribution in [0.25, 0.3) is 0 Å². The van der Waals surface area contributed by atoms with Gasteiger partial charge in [0, 0.05) is 4.47 Å². The maximum Gasteiger partial charge on any atom is 0.314 e. The topological polar surface area (TPSA) is 63.6 Å². The Morgan fingerprint density at radius 1 is 1.16 bits per heavy atom. The Morgan fingerprint density at radius 3 is 2.11 bits per heavy atom. The van der Waals surface area contributed by atoms with Gasteiger partial charge in [0.25, 0.3) is 0 Å². The maximum atomic E-state index is 12.3. The number of carboxylic acids is 1. The fraction of sp³-hybridized carbons (Fsp3) is 0.429. The van der Waals surface area contributed by atoms with Crippen LogP contribution in [0, 0.1) is 26.7 Å². The van der Waals surface area contributed by atoms with Gasteiger partial charge in [-0.15, -0.1) is 0 Å². The predicted molar refractivity (Wildman–Crippen MR) is 76.0 cm³/mol. The Labute approximate surface area is 120 Å². The summed E-state index contributed by atoms with van der Waals surface area (Å²) in [6.07, 6.45) is 0. The predicted octanol–water partition coefficient (Wildman–Crippen LogP) is 3.29. The lowest BCUT2D eigenvalue weighted by Gasteiger charge is -2.19. The molecule has 4 nitrogen and oxygen atoms in total. The first-order chi connectivity index (χ1) is 8.73. The molecule has 0 radical (unpaired) electrons. The second-order valence-electron chi connectivity index (χ2n) is 4.52. The minimum atomic E-state index is -1.14. The van der Waals surface area contributed by atoms with E-state index >= 15 is 0 Å². The molecule has 104 valence electrons. The van der Waals surface area contributed by atoms with Crippen LogP contribution in [0.15, 0.2) is 4.47 Å². The molecule has 0 aliphatic heterocycles. The number of Topliss-reactive ketones (excluding diaryl/α,β-unsaturated/α-hetero) is 1. The average Bonchev–Trinajstić information content (AvgIpc) is 2.38. The maximum absolute atomic E-state index is 12.3. The molecule has 0 fully saturated rings. The summed E-state index contributed by atoms with van der Waals surface area (Å²) in [5.41, 5.74) is 2.86. The highest BCUT2D eigenvalue weighted by molar-refractivity contribution is 9.10. The van der Waals surface area contributed by atoms with E-state index in [-0.39, 0.29) is 0 Å². The van der Waals surface area contributed by atoms with Gasteiger partial charge in [-0.05, 0) is 44.4 Å². The number of hydrogen-bond acceptors (Lipinski definition) is 3. The van der Waals surface area contributed by atoms with E-state index in [1.807, 2.05) is 13.8 Å². The first kappa shape index (κ1) is 15.7. The molecule has 0 saturated heterocycles. The van der Waals surface area contributed by atoms with Gasteiger partial charge in [0.1, 0.15) is 11.7 Å². The van der Waals surface area contributed by atoms with Crippen molar-refractivity contribution in [3.05, 3.63) is 26.7 Å². The third-order valence-electron chi connectivity index (χ3n) is 3.38. The molecule has 0 aliphatic rings. The molecule has 0 bridgehead atoms. The van der Waals surface area contributed by atoms with E-state index in [1.54, 1.807) is 6.92 Å². The van der Waals surface area contributed by atoms with Crippen molar-refractivity contribution in [2.45, 2.75) is 27.7 Å². The molecule has 0 spiro atoms.